The Morgan fingerprint density at radius 1 is 1.45 bits per heavy atom. The molecule has 1 fully saturated rings. The number of amides is 1. The van der Waals surface area contributed by atoms with Gasteiger partial charge in [-0.2, -0.15) is 0 Å². The van der Waals surface area contributed by atoms with E-state index in [9.17, 15) is 4.79 Å². The number of nitrogens with zero attached hydrogens (tertiary/aromatic N) is 1. The maximum Gasteiger partial charge on any atom is 0.237 e. The van der Waals surface area contributed by atoms with Gasteiger partial charge < -0.3 is 16.2 Å². The SMILES string of the molecule is Cc1ccccc1C(C(C)N)N1CCOCC1C(N)=O. The fourth-order valence-corrected chi connectivity index (χ4v) is 2.88. The molecule has 1 aromatic rings. The summed E-state index contributed by atoms with van der Waals surface area (Å²) < 4.78 is 5.39. The summed E-state index contributed by atoms with van der Waals surface area (Å²) >= 11 is 0. The minimum absolute atomic E-state index is 0.0300. The Bertz CT molecular complexity index is 476. The molecule has 5 heteroatoms. The molecule has 0 saturated carbocycles. The lowest BCUT2D eigenvalue weighted by Crippen LogP contribution is -2.56. The second kappa shape index (κ2) is 6.35. The van der Waals surface area contributed by atoms with Gasteiger partial charge in [0.15, 0.2) is 0 Å². The minimum atomic E-state index is -0.417. The average molecular weight is 277 g/mol. The van der Waals surface area contributed by atoms with Crippen molar-refractivity contribution >= 4 is 5.91 Å². The number of ether oxygens (including phenoxy) is 1. The van der Waals surface area contributed by atoms with Gasteiger partial charge in [0, 0.05) is 12.6 Å². The van der Waals surface area contributed by atoms with Crippen LogP contribution in [0.15, 0.2) is 24.3 Å². The first-order chi connectivity index (χ1) is 9.52. The van der Waals surface area contributed by atoms with Gasteiger partial charge in [0.1, 0.15) is 6.04 Å². The molecule has 5 nitrogen and oxygen atoms in total. The van der Waals surface area contributed by atoms with Crippen molar-refractivity contribution in [2.24, 2.45) is 11.5 Å². The zero-order chi connectivity index (χ0) is 14.7. The molecule has 3 atom stereocenters. The molecule has 4 N–H and O–H groups in total. The molecule has 1 aliphatic rings. The van der Waals surface area contributed by atoms with Crippen LogP contribution < -0.4 is 11.5 Å². The molecule has 3 unspecified atom stereocenters. The maximum atomic E-state index is 11.7. The number of hydrogen-bond acceptors (Lipinski definition) is 4. The molecule has 1 heterocycles. The Hall–Kier alpha value is -1.43. The number of hydrogen-bond donors (Lipinski definition) is 2. The number of nitrogens with two attached hydrogens (primary N) is 2. The summed E-state index contributed by atoms with van der Waals surface area (Å²) in [6.45, 7) is 5.62. The van der Waals surface area contributed by atoms with Gasteiger partial charge in [0.2, 0.25) is 5.91 Å². The number of rotatable bonds is 4. The third-order valence-corrected chi connectivity index (χ3v) is 3.86. The van der Waals surface area contributed by atoms with Crippen LogP contribution in [0.5, 0.6) is 0 Å². The predicted molar refractivity (Wildman–Crippen MR) is 78.1 cm³/mol. The largest absolute Gasteiger partial charge is 0.378 e. The molecule has 20 heavy (non-hydrogen) atoms. The zero-order valence-corrected chi connectivity index (χ0v) is 12.1. The van der Waals surface area contributed by atoms with E-state index in [4.69, 9.17) is 16.2 Å². The zero-order valence-electron chi connectivity index (χ0n) is 12.1. The predicted octanol–water partition coefficient (Wildman–Crippen LogP) is 0.569. The van der Waals surface area contributed by atoms with Crippen LogP contribution in [0, 0.1) is 6.92 Å². The Morgan fingerprint density at radius 3 is 2.75 bits per heavy atom. The molecule has 1 aromatic carbocycles. The number of benzene rings is 1. The highest BCUT2D eigenvalue weighted by Gasteiger charge is 2.35. The van der Waals surface area contributed by atoms with Crippen LogP contribution in [-0.4, -0.2) is 42.6 Å². The van der Waals surface area contributed by atoms with E-state index in [1.54, 1.807) is 0 Å². The summed E-state index contributed by atoms with van der Waals surface area (Å²) in [4.78, 5) is 13.7. The first-order valence-electron chi connectivity index (χ1n) is 6.96. The molecule has 1 saturated heterocycles. The molecule has 0 aromatic heterocycles. The number of morpholine rings is 1. The van der Waals surface area contributed by atoms with Gasteiger partial charge in [-0.25, -0.2) is 0 Å². The first-order valence-corrected chi connectivity index (χ1v) is 6.96. The molecule has 0 bridgehead atoms. The van der Waals surface area contributed by atoms with Gasteiger partial charge in [-0.05, 0) is 25.0 Å². The fraction of sp³-hybridized carbons (Fsp3) is 0.533. The molecule has 1 aliphatic heterocycles. The molecule has 0 aliphatic carbocycles. The Balaban J connectivity index is 2.37. The number of carbonyl (C=O) groups is 1. The van der Waals surface area contributed by atoms with Gasteiger partial charge in [-0.15, -0.1) is 0 Å². The average Bonchev–Trinajstić information content (AvgIpc) is 2.41. The van der Waals surface area contributed by atoms with Crippen LogP contribution >= 0.6 is 0 Å². The molecule has 0 spiro atoms. The first kappa shape index (κ1) is 15.0. The van der Waals surface area contributed by atoms with E-state index >= 15 is 0 Å². The van der Waals surface area contributed by atoms with E-state index in [-0.39, 0.29) is 18.0 Å². The Morgan fingerprint density at radius 2 is 2.15 bits per heavy atom. The second-order valence-electron chi connectivity index (χ2n) is 5.39. The van der Waals surface area contributed by atoms with Crippen molar-refractivity contribution in [2.45, 2.75) is 32.0 Å². The monoisotopic (exact) mass is 277 g/mol. The summed E-state index contributed by atoms with van der Waals surface area (Å²) in [6, 6.07) is 7.58. The van der Waals surface area contributed by atoms with Crippen molar-refractivity contribution in [1.29, 1.82) is 0 Å². The third kappa shape index (κ3) is 3.00. The summed E-state index contributed by atoms with van der Waals surface area (Å²) in [6.07, 6.45) is 0. The van der Waals surface area contributed by atoms with Crippen molar-refractivity contribution in [2.75, 3.05) is 19.8 Å². The Labute approximate surface area is 119 Å². The molecular weight excluding hydrogens is 254 g/mol. The number of primary amides is 1. The van der Waals surface area contributed by atoms with Gasteiger partial charge >= 0.3 is 0 Å². The van der Waals surface area contributed by atoms with Crippen LogP contribution in [0.2, 0.25) is 0 Å². The van der Waals surface area contributed by atoms with Gasteiger partial charge in [-0.3, -0.25) is 9.69 Å². The van der Waals surface area contributed by atoms with E-state index in [1.165, 1.54) is 5.56 Å². The smallest absolute Gasteiger partial charge is 0.237 e. The van der Waals surface area contributed by atoms with Crippen molar-refractivity contribution in [1.82, 2.24) is 4.90 Å². The number of carbonyl (C=O) groups excluding carboxylic acids is 1. The summed E-state index contributed by atoms with van der Waals surface area (Å²) in [7, 11) is 0. The molecule has 110 valence electrons. The lowest BCUT2D eigenvalue weighted by Gasteiger charge is -2.41. The summed E-state index contributed by atoms with van der Waals surface area (Å²) in [5, 5.41) is 0. The van der Waals surface area contributed by atoms with Crippen LogP contribution in [0.1, 0.15) is 24.1 Å². The number of aryl methyl sites for hydroxylation is 1. The molecular formula is C15H23N3O2. The Kier molecular flexibility index (Phi) is 4.75. The van der Waals surface area contributed by atoms with Crippen molar-refractivity contribution in [3.63, 3.8) is 0 Å². The van der Waals surface area contributed by atoms with Gasteiger partial charge in [0.05, 0.1) is 19.3 Å². The van der Waals surface area contributed by atoms with Crippen molar-refractivity contribution < 1.29 is 9.53 Å². The maximum absolute atomic E-state index is 11.7. The molecule has 0 radical (unpaired) electrons. The lowest BCUT2D eigenvalue weighted by atomic mass is 9.93. The topological polar surface area (TPSA) is 81.6 Å². The third-order valence-electron chi connectivity index (χ3n) is 3.86. The standard InChI is InChI=1S/C15H23N3O2/c1-10-5-3-4-6-12(10)14(11(2)16)18-7-8-20-9-13(18)15(17)19/h3-6,11,13-14H,7-9,16H2,1-2H3,(H2,17,19). The van der Waals surface area contributed by atoms with Crippen LogP contribution in [-0.2, 0) is 9.53 Å². The van der Waals surface area contributed by atoms with Gasteiger partial charge in [0.25, 0.3) is 0 Å². The van der Waals surface area contributed by atoms with E-state index < -0.39 is 6.04 Å². The highest BCUT2D eigenvalue weighted by molar-refractivity contribution is 5.80. The molecule has 1 amide bonds. The quantitative estimate of drug-likeness (QED) is 0.843. The normalized spacial score (nSPS) is 23.2. The van der Waals surface area contributed by atoms with E-state index in [2.05, 4.69) is 24.0 Å². The minimum Gasteiger partial charge on any atom is -0.378 e. The summed E-state index contributed by atoms with van der Waals surface area (Å²) in [5.74, 6) is -0.357. The van der Waals surface area contributed by atoms with Crippen molar-refractivity contribution in [3.05, 3.63) is 35.4 Å². The fourth-order valence-electron chi connectivity index (χ4n) is 2.88. The summed E-state index contributed by atoms with van der Waals surface area (Å²) in [5.41, 5.74) is 14.0. The lowest BCUT2D eigenvalue weighted by molar-refractivity contribution is -0.131. The van der Waals surface area contributed by atoms with Crippen LogP contribution in [0.3, 0.4) is 0 Å². The second-order valence-corrected chi connectivity index (χ2v) is 5.39. The van der Waals surface area contributed by atoms with Gasteiger partial charge in [-0.1, -0.05) is 24.3 Å². The van der Waals surface area contributed by atoms with Crippen LogP contribution in [0.25, 0.3) is 0 Å². The van der Waals surface area contributed by atoms with E-state index in [0.29, 0.717) is 19.8 Å². The van der Waals surface area contributed by atoms with E-state index in [0.717, 1.165) is 5.56 Å². The highest BCUT2D eigenvalue weighted by atomic mass is 16.5. The van der Waals surface area contributed by atoms with Crippen molar-refractivity contribution in [3.8, 4) is 0 Å². The van der Waals surface area contributed by atoms with E-state index in [1.807, 2.05) is 19.1 Å². The highest BCUT2D eigenvalue weighted by Crippen LogP contribution is 2.29. The van der Waals surface area contributed by atoms with Crippen LogP contribution in [0.4, 0.5) is 0 Å². The molecule has 2 rings (SSSR count).